The summed E-state index contributed by atoms with van der Waals surface area (Å²) in [5.41, 5.74) is 2.86. The number of amides is 2. The van der Waals surface area contributed by atoms with Crippen molar-refractivity contribution in [2.45, 2.75) is 20.8 Å². The lowest BCUT2D eigenvalue weighted by atomic mass is 10.1. The van der Waals surface area contributed by atoms with E-state index in [4.69, 9.17) is 0 Å². The Balaban J connectivity index is 1.92. The first kappa shape index (κ1) is 17.9. The van der Waals surface area contributed by atoms with Crippen LogP contribution >= 0.6 is 11.3 Å². The summed E-state index contributed by atoms with van der Waals surface area (Å²) in [6, 6.07) is 9.87. The Kier molecular flexibility index (Phi) is 5.93. The maximum absolute atomic E-state index is 12.1. The molecule has 1 aromatic heterocycles. The maximum atomic E-state index is 12.1. The van der Waals surface area contributed by atoms with E-state index >= 15 is 0 Å². The number of rotatable bonds is 5. The predicted molar refractivity (Wildman–Crippen MR) is 100 cm³/mol. The van der Waals surface area contributed by atoms with Crippen LogP contribution in [0.5, 0.6) is 0 Å². The SMILES string of the molecule is Cc1ccc(C)c(NC(=O)CN(C)C(=O)/C=C/c2ccc(C)s2)c1. The molecule has 2 aromatic rings. The molecular formula is C19H22N2O2S. The molecule has 0 saturated carbocycles. The Morgan fingerprint density at radius 3 is 2.58 bits per heavy atom. The van der Waals surface area contributed by atoms with Crippen LogP contribution in [0.3, 0.4) is 0 Å². The van der Waals surface area contributed by atoms with Crippen LogP contribution in [-0.4, -0.2) is 30.3 Å². The lowest BCUT2D eigenvalue weighted by Gasteiger charge is -2.16. The van der Waals surface area contributed by atoms with E-state index in [1.54, 1.807) is 24.5 Å². The van der Waals surface area contributed by atoms with Crippen molar-refractivity contribution in [3.05, 3.63) is 57.3 Å². The number of carbonyl (C=O) groups excluding carboxylic acids is 2. The minimum absolute atomic E-state index is 0.0139. The second-order valence-electron chi connectivity index (χ2n) is 5.84. The molecule has 4 nitrogen and oxygen atoms in total. The van der Waals surface area contributed by atoms with E-state index in [1.165, 1.54) is 15.9 Å². The highest BCUT2D eigenvalue weighted by molar-refractivity contribution is 7.12. The summed E-state index contributed by atoms with van der Waals surface area (Å²) in [6.07, 6.45) is 3.27. The largest absolute Gasteiger partial charge is 0.333 e. The van der Waals surface area contributed by atoms with Crippen molar-refractivity contribution in [2.75, 3.05) is 18.9 Å². The molecular weight excluding hydrogens is 320 g/mol. The minimum Gasteiger partial charge on any atom is -0.333 e. The van der Waals surface area contributed by atoms with Gasteiger partial charge < -0.3 is 10.2 Å². The van der Waals surface area contributed by atoms with Crippen molar-refractivity contribution in [1.29, 1.82) is 0 Å². The third kappa shape index (κ3) is 5.06. The van der Waals surface area contributed by atoms with Gasteiger partial charge in [0, 0.05) is 28.6 Å². The van der Waals surface area contributed by atoms with Crippen molar-refractivity contribution in [3.63, 3.8) is 0 Å². The highest BCUT2D eigenvalue weighted by Crippen LogP contribution is 2.17. The fraction of sp³-hybridized carbons (Fsp3) is 0.263. The molecule has 0 saturated heterocycles. The topological polar surface area (TPSA) is 49.4 Å². The van der Waals surface area contributed by atoms with Gasteiger partial charge in [-0.1, -0.05) is 12.1 Å². The Bertz CT molecular complexity index is 777. The van der Waals surface area contributed by atoms with Gasteiger partial charge in [0.1, 0.15) is 0 Å². The van der Waals surface area contributed by atoms with Crippen LogP contribution in [0, 0.1) is 20.8 Å². The van der Waals surface area contributed by atoms with E-state index < -0.39 is 0 Å². The van der Waals surface area contributed by atoms with Crippen LogP contribution in [-0.2, 0) is 9.59 Å². The fourth-order valence-electron chi connectivity index (χ4n) is 2.18. The van der Waals surface area contributed by atoms with Crippen molar-refractivity contribution in [3.8, 4) is 0 Å². The van der Waals surface area contributed by atoms with Gasteiger partial charge in [0.2, 0.25) is 11.8 Å². The number of likely N-dealkylation sites (N-methyl/N-ethyl adjacent to an activating group) is 1. The van der Waals surface area contributed by atoms with Crippen LogP contribution < -0.4 is 5.32 Å². The average molecular weight is 342 g/mol. The fourth-order valence-corrected chi connectivity index (χ4v) is 2.96. The Morgan fingerprint density at radius 2 is 1.92 bits per heavy atom. The first-order valence-electron chi connectivity index (χ1n) is 7.72. The maximum Gasteiger partial charge on any atom is 0.246 e. The third-order valence-corrected chi connectivity index (χ3v) is 4.54. The molecule has 24 heavy (non-hydrogen) atoms. The van der Waals surface area contributed by atoms with Gasteiger partial charge in [0.05, 0.1) is 6.54 Å². The number of anilines is 1. The van der Waals surface area contributed by atoms with Gasteiger partial charge in [-0.3, -0.25) is 9.59 Å². The van der Waals surface area contributed by atoms with Gasteiger partial charge in [-0.25, -0.2) is 0 Å². The number of nitrogens with one attached hydrogen (secondary N) is 1. The molecule has 0 unspecified atom stereocenters. The van der Waals surface area contributed by atoms with E-state index in [0.29, 0.717) is 0 Å². The first-order valence-corrected chi connectivity index (χ1v) is 8.53. The highest BCUT2D eigenvalue weighted by Gasteiger charge is 2.11. The molecule has 1 heterocycles. The lowest BCUT2D eigenvalue weighted by molar-refractivity contribution is -0.129. The summed E-state index contributed by atoms with van der Waals surface area (Å²) in [7, 11) is 1.62. The summed E-state index contributed by atoms with van der Waals surface area (Å²) >= 11 is 1.62. The number of hydrogen-bond donors (Lipinski definition) is 1. The van der Waals surface area contributed by atoms with Crippen LogP contribution in [0.4, 0.5) is 5.69 Å². The summed E-state index contributed by atoms with van der Waals surface area (Å²) in [6.45, 7) is 5.95. The lowest BCUT2D eigenvalue weighted by Crippen LogP contribution is -2.34. The third-order valence-electron chi connectivity index (χ3n) is 3.58. The second kappa shape index (κ2) is 7.93. The minimum atomic E-state index is -0.208. The molecule has 2 rings (SSSR count). The number of carbonyl (C=O) groups is 2. The quantitative estimate of drug-likeness (QED) is 0.841. The zero-order valence-corrected chi connectivity index (χ0v) is 15.2. The van der Waals surface area contributed by atoms with E-state index in [0.717, 1.165) is 21.7 Å². The molecule has 0 bridgehead atoms. The molecule has 0 radical (unpaired) electrons. The Hall–Kier alpha value is -2.40. The van der Waals surface area contributed by atoms with Crippen LogP contribution in [0.2, 0.25) is 0 Å². The molecule has 0 aliphatic heterocycles. The van der Waals surface area contributed by atoms with Crippen molar-refractivity contribution in [1.82, 2.24) is 4.90 Å². The van der Waals surface area contributed by atoms with Gasteiger partial charge in [0.25, 0.3) is 0 Å². The number of aryl methyl sites for hydroxylation is 3. The van der Waals surface area contributed by atoms with Gasteiger partial charge in [-0.15, -0.1) is 11.3 Å². The first-order chi connectivity index (χ1) is 11.3. The summed E-state index contributed by atoms with van der Waals surface area (Å²) < 4.78 is 0. The molecule has 2 amide bonds. The van der Waals surface area contributed by atoms with E-state index in [9.17, 15) is 9.59 Å². The molecule has 5 heteroatoms. The van der Waals surface area contributed by atoms with Crippen LogP contribution in [0.1, 0.15) is 20.9 Å². The zero-order chi connectivity index (χ0) is 17.7. The monoisotopic (exact) mass is 342 g/mol. The molecule has 0 fully saturated rings. The zero-order valence-electron chi connectivity index (χ0n) is 14.4. The summed E-state index contributed by atoms with van der Waals surface area (Å²) in [5, 5.41) is 2.86. The van der Waals surface area contributed by atoms with E-state index in [1.807, 2.05) is 51.1 Å². The number of nitrogens with zero attached hydrogens (tertiary/aromatic N) is 1. The Morgan fingerprint density at radius 1 is 1.17 bits per heavy atom. The summed E-state index contributed by atoms with van der Waals surface area (Å²) in [5.74, 6) is -0.405. The van der Waals surface area contributed by atoms with Gasteiger partial charge in [-0.05, 0) is 56.2 Å². The standard InChI is InChI=1S/C19H22N2O2S/c1-13-5-6-14(2)17(11-13)20-18(22)12-21(4)19(23)10-9-16-8-7-15(3)24-16/h5-11H,12H2,1-4H3,(H,20,22)/b10-9+. The van der Waals surface area contributed by atoms with Crippen molar-refractivity contribution < 1.29 is 9.59 Å². The van der Waals surface area contributed by atoms with Gasteiger partial charge >= 0.3 is 0 Å². The average Bonchev–Trinajstić information content (AvgIpc) is 2.94. The molecule has 1 N–H and O–H groups in total. The number of benzene rings is 1. The van der Waals surface area contributed by atoms with Crippen LogP contribution in [0.15, 0.2) is 36.4 Å². The highest BCUT2D eigenvalue weighted by atomic mass is 32.1. The molecule has 1 aromatic carbocycles. The normalized spacial score (nSPS) is 10.8. The number of hydrogen-bond acceptors (Lipinski definition) is 3. The smallest absolute Gasteiger partial charge is 0.246 e. The number of thiophene rings is 1. The second-order valence-corrected chi connectivity index (χ2v) is 7.16. The van der Waals surface area contributed by atoms with Gasteiger partial charge in [0.15, 0.2) is 0 Å². The predicted octanol–water partition coefficient (Wildman–Crippen LogP) is 3.78. The molecule has 0 atom stereocenters. The Labute approximate surface area is 146 Å². The molecule has 0 aliphatic carbocycles. The van der Waals surface area contributed by atoms with E-state index in [2.05, 4.69) is 5.32 Å². The van der Waals surface area contributed by atoms with Gasteiger partial charge in [-0.2, -0.15) is 0 Å². The summed E-state index contributed by atoms with van der Waals surface area (Å²) in [4.78, 5) is 27.9. The van der Waals surface area contributed by atoms with Crippen molar-refractivity contribution in [2.24, 2.45) is 0 Å². The van der Waals surface area contributed by atoms with Crippen molar-refractivity contribution >= 4 is 34.9 Å². The molecule has 0 aliphatic rings. The molecule has 126 valence electrons. The molecule has 0 spiro atoms. The van der Waals surface area contributed by atoms with E-state index in [-0.39, 0.29) is 18.4 Å². The van der Waals surface area contributed by atoms with Crippen LogP contribution in [0.25, 0.3) is 6.08 Å².